The highest BCUT2D eigenvalue weighted by Crippen LogP contribution is 2.10. The van der Waals surface area contributed by atoms with Gasteiger partial charge in [-0.2, -0.15) is 0 Å². The van der Waals surface area contributed by atoms with Crippen LogP contribution >= 0.6 is 23.7 Å². The van der Waals surface area contributed by atoms with Crippen LogP contribution in [-0.4, -0.2) is 9.97 Å². The first-order chi connectivity index (χ1) is 5.27. The highest BCUT2D eigenvalue weighted by Gasteiger charge is 1.98. The summed E-state index contributed by atoms with van der Waals surface area (Å²) in [6.07, 6.45) is 0. The molecule has 0 unspecified atom stereocenters. The van der Waals surface area contributed by atoms with E-state index in [1.54, 1.807) is 11.4 Å². The van der Waals surface area contributed by atoms with Crippen molar-refractivity contribution in [2.24, 2.45) is 0 Å². The van der Waals surface area contributed by atoms with Crippen LogP contribution in [0.1, 0.15) is 0 Å². The zero-order valence-electron chi connectivity index (χ0n) is 5.79. The van der Waals surface area contributed by atoms with Crippen LogP contribution < -0.4 is 11.2 Å². The van der Waals surface area contributed by atoms with E-state index in [1.807, 2.05) is 0 Å². The number of halogens is 1. The predicted molar refractivity (Wildman–Crippen MR) is 50.3 cm³/mol. The molecule has 12 heavy (non-hydrogen) atoms. The summed E-state index contributed by atoms with van der Waals surface area (Å²) in [4.78, 5) is 27.0. The number of aromatic nitrogens is 2. The van der Waals surface area contributed by atoms with Crippen molar-refractivity contribution in [1.29, 1.82) is 0 Å². The highest BCUT2D eigenvalue weighted by molar-refractivity contribution is 7.16. The fourth-order valence-corrected chi connectivity index (χ4v) is 1.67. The van der Waals surface area contributed by atoms with Crippen LogP contribution in [0.4, 0.5) is 0 Å². The summed E-state index contributed by atoms with van der Waals surface area (Å²) in [6.45, 7) is 0. The van der Waals surface area contributed by atoms with Gasteiger partial charge in [0.05, 0.1) is 5.39 Å². The van der Waals surface area contributed by atoms with Gasteiger partial charge in [0, 0.05) is 0 Å². The number of rotatable bonds is 0. The topological polar surface area (TPSA) is 65.7 Å². The Balaban J connectivity index is 0.000000720. The number of hydrogen-bond acceptors (Lipinski definition) is 3. The zero-order chi connectivity index (χ0) is 7.84. The Morgan fingerprint density at radius 2 is 2.00 bits per heavy atom. The molecule has 2 aromatic heterocycles. The summed E-state index contributed by atoms with van der Waals surface area (Å²) in [6, 6.07) is 1.68. The first-order valence-corrected chi connectivity index (χ1v) is 3.85. The summed E-state index contributed by atoms with van der Waals surface area (Å²) in [5.41, 5.74) is -0.782. The Morgan fingerprint density at radius 1 is 1.25 bits per heavy atom. The standard InChI is InChI=1S/C6H4N2O2S.ClH/c9-4-3-1-2-11-5(3)8-6(10)7-4;/h1-2H,(H2,7,8,9,10);1H. The van der Waals surface area contributed by atoms with Gasteiger partial charge in [0.2, 0.25) is 0 Å². The molecule has 2 rings (SSSR count). The minimum Gasteiger partial charge on any atom is -0.298 e. The number of hydrogen-bond donors (Lipinski definition) is 2. The van der Waals surface area contributed by atoms with Crippen molar-refractivity contribution in [3.05, 3.63) is 32.3 Å². The Kier molecular flexibility index (Phi) is 2.35. The molecular weight excluding hydrogens is 200 g/mol. The molecule has 2 aromatic rings. The molecule has 0 radical (unpaired) electrons. The Labute approximate surface area is 76.7 Å². The molecule has 0 aliphatic rings. The van der Waals surface area contributed by atoms with E-state index >= 15 is 0 Å². The molecule has 6 heteroatoms. The summed E-state index contributed by atoms with van der Waals surface area (Å²) >= 11 is 1.34. The van der Waals surface area contributed by atoms with Crippen molar-refractivity contribution >= 4 is 34.0 Å². The summed E-state index contributed by atoms with van der Waals surface area (Å²) in [5, 5.41) is 2.30. The highest BCUT2D eigenvalue weighted by atomic mass is 35.5. The van der Waals surface area contributed by atoms with Crippen LogP contribution in [0.15, 0.2) is 21.0 Å². The van der Waals surface area contributed by atoms with Gasteiger partial charge in [-0.25, -0.2) is 4.79 Å². The van der Waals surface area contributed by atoms with Gasteiger partial charge in [0.15, 0.2) is 0 Å². The maximum atomic E-state index is 11.0. The van der Waals surface area contributed by atoms with E-state index in [2.05, 4.69) is 9.97 Å². The lowest BCUT2D eigenvalue weighted by Crippen LogP contribution is -2.20. The second-order valence-corrected chi connectivity index (χ2v) is 2.99. The lowest BCUT2D eigenvalue weighted by Gasteiger charge is -1.84. The van der Waals surface area contributed by atoms with E-state index in [1.165, 1.54) is 11.3 Å². The second kappa shape index (κ2) is 3.12. The summed E-state index contributed by atoms with van der Waals surface area (Å²) in [5.74, 6) is 0. The lowest BCUT2D eigenvalue weighted by molar-refractivity contribution is 1.09. The van der Waals surface area contributed by atoms with E-state index < -0.39 is 5.69 Å². The van der Waals surface area contributed by atoms with Gasteiger partial charge in [0.25, 0.3) is 5.56 Å². The molecule has 0 spiro atoms. The number of H-pyrrole nitrogens is 2. The van der Waals surface area contributed by atoms with Gasteiger partial charge in [-0.15, -0.1) is 23.7 Å². The third-order valence-corrected chi connectivity index (χ3v) is 2.19. The van der Waals surface area contributed by atoms with Crippen LogP contribution in [0.25, 0.3) is 10.2 Å². The van der Waals surface area contributed by atoms with Gasteiger partial charge in [-0.1, -0.05) is 0 Å². The molecule has 0 aliphatic carbocycles. The van der Waals surface area contributed by atoms with Gasteiger partial charge < -0.3 is 0 Å². The molecule has 0 atom stereocenters. The maximum Gasteiger partial charge on any atom is 0.326 e. The van der Waals surface area contributed by atoms with E-state index in [-0.39, 0.29) is 18.0 Å². The number of nitrogens with one attached hydrogen (secondary N) is 2. The molecule has 0 saturated heterocycles. The normalized spacial score (nSPS) is 9.67. The monoisotopic (exact) mass is 204 g/mol. The third kappa shape index (κ3) is 1.28. The molecule has 0 saturated carbocycles. The molecule has 2 heterocycles. The van der Waals surface area contributed by atoms with Crippen LogP contribution in [0.3, 0.4) is 0 Å². The molecule has 64 valence electrons. The van der Waals surface area contributed by atoms with E-state index in [9.17, 15) is 9.59 Å². The SMILES string of the molecule is Cl.O=c1[nH]c(=O)c2ccsc2[nH]1. The van der Waals surface area contributed by atoms with E-state index in [0.29, 0.717) is 10.2 Å². The number of aromatic amines is 2. The maximum absolute atomic E-state index is 11.0. The molecule has 4 nitrogen and oxygen atoms in total. The fraction of sp³-hybridized carbons (Fsp3) is 0. The zero-order valence-corrected chi connectivity index (χ0v) is 7.42. The molecule has 0 bridgehead atoms. The minimum absolute atomic E-state index is 0. The summed E-state index contributed by atoms with van der Waals surface area (Å²) < 4.78 is 0. The lowest BCUT2D eigenvalue weighted by atomic mass is 10.4. The second-order valence-electron chi connectivity index (χ2n) is 2.07. The summed E-state index contributed by atoms with van der Waals surface area (Å²) in [7, 11) is 0. The van der Waals surface area contributed by atoms with Gasteiger partial charge in [-0.05, 0) is 11.4 Å². The third-order valence-electron chi connectivity index (χ3n) is 1.36. The molecule has 2 N–H and O–H groups in total. The van der Waals surface area contributed by atoms with Crippen molar-refractivity contribution in [3.8, 4) is 0 Å². The van der Waals surface area contributed by atoms with Crippen LogP contribution in [0.5, 0.6) is 0 Å². The molecule has 0 aliphatic heterocycles. The van der Waals surface area contributed by atoms with Crippen molar-refractivity contribution in [1.82, 2.24) is 9.97 Å². The van der Waals surface area contributed by atoms with Crippen molar-refractivity contribution in [3.63, 3.8) is 0 Å². The molecule has 0 fully saturated rings. The number of fused-ring (bicyclic) bond motifs is 1. The Morgan fingerprint density at radius 3 is 2.75 bits per heavy atom. The average molecular weight is 205 g/mol. The van der Waals surface area contributed by atoms with Gasteiger partial charge in [0.1, 0.15) is 4.83 Å². The molecule has 0 aromatic carbocycles. The number of thiophene rings is 1. The fourth-order valence-electron chi connectivity index (χ4n) is 0.890. The van der Waals surface area contributed by atoms with Gasteiger partial charge >= 0.3 is 5.69 Å². The largest absolute Gasteiger partial charge is 0.326 e. The first kappa shape index (κ1) is 9.02. The Hall–Kier alpha value is -1.07. The van der Waals surface area contributed by atoms with Gasteiger partial charge in [-0.3, -0.25) is 14.8 Å². The van der Waals surface area contributed by atoms with E-state index in [0.717, 1.165) is 0 Å². The van der Waals surface area contributed by atoms with E-state index in [4.69, 9.17) is 0 Å². The van der Waals surface area contributed by atoms with Crippen LogP contribution in [0.2, 0.25) is 0 Å². The average Bonchev–Trinajstić information content (AvgIpc) is 2.34. The van der Waals surface area contributed by atoms with Crippen LogP contribution in [0, 0.1) is 0 Å². The van der Waals surface area contributed by atoms with Crippen LogP contribution in [-0.2, 0) is 0 Å². The quantitative estimate of drug-likeness (QED) is 0.664. The minimum atomic E-state index is -0.454. The molecular formula is C6H5ClN2O2S. The predicted octanol–water partition coefficient (Wildman–Crippen LogP) is 0.700. The smallest absolute Gasteiger partial charge is 0.298 e. The van der Waals surface area contributed by atoms with Crippen molar-refractivity contribution in [2.75, 3.05) is 0 Å². The first-order valence-electron chi connectivity index (χ1n) is 2.97. The Bertz CT molecular complexity index is 498. The molecule has 0 amide bonds. The van der Waals surface area contributed by atoms with Crippen molar-refractivity contribution in [2.45, 2.75) is 0 Å². The van der Waals surface area contributed by atoms with Crippen molar-refractivity contribution < 1.29 is 0 Å².